The molecule has 0 heterocycles. The van der Waals surface area contributed by atoms with Crippen molar-refractivity contribution >= 4 is 0 Å². The highest BCUT2D eigenvalue weighted by molar-refractivity contribution is 5.16. The number of rotatable bonds is 9. The van der Waals surface area contributed by atoms with Gasteiger partial charge in [-0.2, -0.15) is 0 Å². The summed E-state index contributed by atoms with van der Waals surface area (Å²) in [5.41, 5.74) is 7.10. The summed E-state index contributed by atoms with van der Waals surface area (Å²) >= 11 is 0. The van der Waals surface area contributed by atoms with Crippen LogP contribution in [-0.4, -0.2) is 6.54 Å². The fourth-order valence-electron chi connectivity index (χ4n) is 2.67. The topological polar surface area (TPSA) is 26.0 Å². The van der Waals surface area contributed by atoms with Crippen LogP contribution in [-0.2, 0) is 6.42 Å². The van der Waals surface area contributed by atoms with Crippen molar-refractivity contribution in [1.82, 2.24) is 0 Å². The Morgan fingerprint density at radius 1 is 1.11 bits per heavy atom. The van der Waals surface area contributed by atoms with E-state index in [4.69, 9.17) is 5.73 Å². The van der Waals surface area contributed by atoms with Crippen LogP contribution in [0, 0.1) is 17.7 Å². The lowest BCUT2D eigenvalue weighted by Gasteiger charge is -2.21. The third-order valence-corrected chi connectivity index (χ3v) is 3.98. The number of benzene rings is 1. The summed E-state index contributed by atoms with van der Waals surface area (Å²) < 4.78 is 12.9. The minimum absolute atomic E-state index is 0.164. The van der Waals surface area contributed by atoms with Gasteiger partial charge in [0.2, 0.25) is 0 Å². The first-order valence-corrected chi connectivity index (χ1v) is 7.64. The predicted molar refractivity (Wildman–Crippen MR) is 80.6 cm³/mol. The second-order valence-electron chi connectivity index (χ2n) is 5.58. The predicted octanol–water partition coefficient (Wildman–Crippen LogP) is 4.55. The van der Waals surface area contributed by atoms with Crippen LogP contribution in [0.4, 0.5) is 4.39 Å². The zero-order chi connectivity index (χ0) is 14.1. The number of hydrogen-bond donors (Lipinski definition) is 1. The van der Waals surface area contributed by atoms with E-state index in [1.165, 1.54) is 49.8 Å². The maximum absolute atomic E-state index is 12.9. The zero-order valence-electron chi connectivity index (χ0n) is 12.4. The summed E-state index contributed by atoms with van der Waals surface area (Å²) in [6.45, 7) is 5.23. The largest absolute Gasteiger partial charge is 0.330 e. The van der Waals surface area contributed by atoms with Gasteiger partial charge >= 0.3 is 0 Å². The normalized spacial score (nSPS) is 14.3. The first-order valence-electron chi connectivity index (χ1n) is 7.64. The molecule has 0 amide bonds. The van der Waals surface area contributed by atoms with Crippen molar-refractivity contribution in [3.63, 3.8) is 0 Å². The minimum Gasteiger partial charge on any atom is -0.330 e. The number of nitrogens with two attached hydrogens (primary N) is 1. The lowest BCUT2D eigenvalue weighted by molar-refractivity contribution is 0.339. The Morgan fingerprint density at radius 3 is 2.32 bits per heavy atom. The van der Waals surface area contributed by atoms with E-state index in [1.807, 2.05) is 12.1 Å². The average molecular weight is 265 g/mol. The van der Waals surface area contributed by atoms with Crippen LogP contribution in [0.2, 0.25) is 0 Å². The van der Waals surface area contributed by atoms with Gasteiger partial charge in [-0.3, -0.25) is 0 Å². The van der Waals surface area contributed by atoms with Crippen molar-refractivity contribution in [2.45, 2.75) is 52.4 Å². The van der Waals surface area contributed by atoms with E-state index in [-0.39, 0.29) is 5.82 Å². The van der Waals surface area contributed by atoms with E-state index < -0.39 is 0 Å². The second-order valence-corrected chi connectivity index (χ2v) is 5.58. The molecule has 0 spiro atoms. The Labute approximate surface area is 117 Å². The molecule has 0 aliphatic heterocycles. The zero-order valence-corrected chi connectivity index (χ0v) is 12.4. The molecule has 0 aliphatic carbocycles. The minimum atomic E-state index is -0.164. The van der Waals surface area contributed by atoms with E-state index in [2.05, 4.69) is 13.8 Å². The molecule has 1 aromatic carbocycles. The van der Waals surface area contributed by atoms with E-state index in [1.54, 1.807) is 0 Å². The maximum Gasteiger partial charge on any atom is 0.123 e. The number of unbranched alkanes of at least 4 members (excludes halogenated alkanes) is 1. The Morgan fingerprint density at radius 2 is 1.79 bits per heavy atom. The smallest absolute Gasteiger partial charge is 0.123 e. The molecular formula is C17H28FN. The van der Waals surface area contributed by atoms with E-state index in [0.717, 1.165) is 18.9 Å². The highest BCUT2D eigenvalue weighted by atomic mass is 19.1. The van der Waals surface area contributed by atoms with Crippen molar-refractivity contribution in [1.29, 1.82) is 0 Å². The quantitative estimate of drug-likeness (QED) is 0.696. The van der Waals surface area contributed by atoms with Crippen LogP contribution in [0.1, 0.15) is 51.5 Å². The highest BCUT2D eigenvalue weighted by Gasteiger charge is 2.14. The van der Waals surface area contributed by atoms with Gasteiger partial charge in [0.1, 0.15) is 5.82 Å². The molecule has 2 N–H and O–H groups in total. The molecule has 2 heteroatoms. The van der Waals surface area contributed by atoms with Crippen molar-refractivity contribution in [3.8, 4) is 0 Å². The molecule has 0 aromatic heterocycles. The van der Waals surface area contributed by atoms with Gasteiger partial charge in [0.15, 0.2) is 0 Å². The van der Waals surface area contributed by atoms with Crippen LogP contribution in [0.25, 0.3) is 0 Å². The van der Waals surface area contributed by atoms with Crippen molar-refractivity contribution in [2.24, 2.45) is 17.6 Å². The van der Waals surface area contributed by atoms with Gasteiger partial charge in [-0.1, -0.05) is 51.7 Å². The second kappa shape index (κ2) is 9.08. The average Bonchev–Trinajstić information content (AvgIpc) is 2.44. The van der Waals surface area contributed by atoms with Crippen molar-refractivity contribution in [2.75, 3.05) is 6.54 Å². The van der Waals surface area contributed by atoms with Gasteiger partial charge in [0, 0.05) is 0 Å². The first-order chi connectivity index (χ1) is 9.19. The third kappa shape index (κ3) is 6.20. The Hall–Kier alpha value is -0.890. The van der Waals surface area contributed by atoms with Gasteiger partial charge in [0.05, 0.1) is 0 Å². The van der Waals surface area contributed by atoms with Crippen molar-refractivity contribution < 1.29 is 4.39 Å². The Balaban J connectivity index is 2.49. The van der Waals surface area contributed by atoms with Gasteiger partial charge < -0.3 is 5.73 Å². The summed E-state index contributed by atoms with van der Waals surface area (Å²) in [7, 11) is 0. The molecule has 2 unspecified atom stereocenters. The molecule has 1 nitrogen and oxygen atoms in total. The van der Waals surface area contributed by atoms with Gasteiger partial charge in [-0.25, -0.2) is 4.39 Å². The first kappa shape index (κ1) is 16.2. The van der Waals surface area contributed by atoms with Crippen LogP contribution in [0.3, 0.4) is 0 Å². The fraction of sp³-hybridized carbons (Fsp3) is 0.647. The monoisotopic (exact) mass is 265 g/mol. The molecular weight excluding hydrogens is 237 g/mol. The summed E-state index contributed by atoms with van der Waals surface area (Å²) in [5, 5.41) is 0. The van der Waals surface area contributed by atoms with E-state index >= 15 is 0 Å². The van der Waals surface area contributed by atoms with Crippen molar-refractivity contribution in [3.05, 3.63) is 35.6 Å². The van der Waals surface area contributed by atoms with Gasteiger partial charge in [0.25, 0.3) is 0 Å². The summed E-state index contributed by atoms with van der Waals surface area (Å²) in [5.74, 6) is 1.14. The lowest BCUT2D eigenvalue weighted by Crippen LogP contribution is -2.20. The molecule has 19 heavy (non-hydrogen) atoms. The molecule has 0 bridgehead atoms. The SMILES string of the molecule is CCCCC(CC)CC(CN)Cc1ccc(F)cc1. The van der Waals surface area contributed by atoms with Crippen LogP contribution < -0.4 is 5.73 Å². The molecule has 0 aliphatic rings. The number of hydrogen-bond acceptors (Lipinski definition) is 1. The standard InChI is InChI=1S/C17H28FN/c1-3-5-6-14(4-2)11-16(13-19)12-15-7-9-17(18)10-8-15/h7-10,14,16H,3-6,11-13,19H2,1-2H3. The molecule has 2 atom stereocenters. The molecule has 1 aromatic rings. The van der Waals surface area contributed by atoms with Crippen LogP contribution >= 0.6 is 0 Å². The summed E-state index contributed by atoms with van der Waals surface area (Å²) in [4.78, 5) is 0. The van der Waals surface area contributed by atoms with E-state index in [0.29, 0.717) is 5.92 Å². The van der Waals surface area contributed by atoms with Crippen LogP contribution in [0.5, 0.6) is 0 Å². The maximum atomic E-state index is 12.9. The molecule has 108 valence electrons. The number of halogens is 1. The molecule has 0 fully saturated rings. The fourth-order valence-corrected chi connectivity index (χ4v) is 2.67. The van der Waals surface area contributed by atoms with Crippen LogP contribution in [0.15, 0.2) is 24.3 Å². The van der Waals surface area contributed by atoms with Gasteiger partial charge in [-0.05, 0) is 48.9 Å². The van der Waals surface area contributed by atoms with E-state index in [9.17, 15) is 4.39 Å². The lowest BCUT2D eigenvalue weighted by atomic mass is 9.85. The highest BCUT2D eigenvalue weighted by Crippen LogP contribution is 2.23. The summed E-state index contributed by atoms with van der Waals surface area (Å²) in [6, 6.07) is 6.84. The Bertz CT molecular complexity index is 334. The molecule has 1 rings (SSSR count). The Kier molecular flexibility index (Phi) is 7.73. The molecule has 0 saturated carbocycles. The molecule has 0 saturated heterocycles. The third-order valence-electron chi connectivity index (χ3n) is 3.98. The molecule has 0 radical (unpaired) electrons. The summed E-state index contributed by atoms with van der Waals surface area (Å²) in [6.07, 6.45) is 7.30. The van der Waals surface area contributed by atoms with Gasteiger partial charge in [-0.15, -0.1) is 0 Å².